The molecule has 3 N–H and O–H groups in total. The summed E-state index contributed by atoms with van der Waals surface area (Å²) in [6, 6.07) is 4.61. The van der Waals surface area contributed by atoms with E-state index in [9.17, 15) is 9.59 Å². The average molecular weight is 377 g/mol. The number of hydrogen-bond acceptors (Lipinski definition) is 5. The van der Waals surface area contributed by atoms with Crippen molar-refractivity contribution in [1.29, 1.82) is 0 Å². The standard InChI is InChI=1S/C20H31N3O4/c1-12(2)18(20(25)22-17-7-6-8-21-13(17)3)23-19(24)14-9-15(26-4)11-16(10-14)27-5/h9-13,17-18,21H,6-8H2,1-5H3,(H,22,25)(H,23,24). The Hall–Kier alpha value is -2.28. The normalized spacial score (nSPS) is 20.7. The van der Waals surface area contributed by atoms with Gasteiger partial charge in [0, 0.05) is 23.7 Å². The van der Waals surface area contributed by atoms with E-state index in [1.165, 1.54) is 14.2 Å². The largest absolute Gasteiger partial charge is 0.497 e. The zero-order valence-electron chi connectivity index (χ0n) is 16.8. The fourth-order valence-electron chi connectivity index (χ4n) is 3.21. The molecule has 2 rings (SSSR count). The van der Waals surface area contributed by atoms with Crippen molar-refractivity contribution in [2.24, 2.45) is 5.92 Å². The molecule has 3 unspecified atom stereocenters. The Morgan fingerprint density at radius 1 is 1.15 bits per heavy atom. The number of rotatable bonds is 7. The fourth-order valence-corrected chi connectivity index (χ4v) is 3.21. The Labute approximate surface area is 161 Å². The van der Waals surface area contributed by atoms with Gasteiger partial charge in [-0.25, -0.2) is 0 Å². The molecular formula is C20H31N3O4. The van der Waals surface area contributed by atoms with E-state index >= 15 is 0 Å². The van der Waals surface area contributed by atoms with Crippen LogP contribution in [-0.2, 0) is 4.79 Å². The molecule has 7 nitrogen and oxygen atoms in total. The first kappa shape index (κ1) is 21.0. The number of piperidine rings is 1. The van der Waals surface area contributed by atoms with Crippen LogP contribution in [0.4, 0.5) is 0 Å². The number of carbonyl (C=O) groups is 2. The van der Waals surface area contributed by atoms with E-state index in [0.29, 0.717) is 17.1 Å². The highest BCUT2D eigenvalue weighted by Crippen LogP contribution is 2.22. The molecule has 150 valence electrons. The van der Waals surface area contributed by atoms with Gasteiger partial charge >= 0.3 is 0 Å². The predicted octanol–water partition coefficient (Wildman–Crippen LogP) is 1.71. The summed E-state index contributed by atoms with van der Waals surface area (Å²) in [5.41, 5.74) is 0.386. The van der Waals surface area contributed by atoms with Crippen LogP contribution < -0.4 is 25.4 Å². The molecule has 27 heavy (non-hydrogen) atoms. The van der Waals surface area contributed by atoms with E-state index in [2.05, 4.69) is 22.9 Å². The Bertz CT molecular complexity index is 640. The Kier molecular flexibility index (Phi) is 7.47. The molecule has 1 aromatic rings. The van der Waals surface area contributed by atoms with E-state index in [1.807, 2.05) is 13.8 Å². The summed E-state index contributed by atoms with van der Waals surface area (Å²) in [7, 11) is 3.06. The first-order valence-corrected chi connectivity index (χ1v) is 9.43. The van der Waals surface area contributed by atoms with E-state index < -0.39 is 6.04 Å². The Morgan fingerprint density at radius 2 is 1.78 bits per heavy atom. The minimum Gasteiger partial charge on any atom is -0.497 e. The minimum atomic E-state index is -0.621. The van der Waals surface area contributed by atoms with Crippen LogP contribution in [-0.4, -0.2) is 50.7 Å². The second kappa shape index (κ2) is 9.60. The third-order valence-electron chi connectivity index (χ3n) is 4.94. The molecule has 1 aromatic carbocycles. The number of amides is 2. The first-order chi connectivity index (χ1) is 12.8. The minimum absolute atomic E-state index is 0.0479. The lowest BCUT2D eigenvalue weighted by molar-refractivity contribution is -0.125. The molecule has 0 saturated carbocycles. The Balaban J connectivity index is 2.10. The highest BCUT2D eigenvalue weighted by atomic mass is 16.5. The highest BCUT2D eigenvalue weighted by molar-refractivity contribution is 5.98. The summed E-state index contributed by atoms with van der Waals surface area (Å²) in [6.45, 7) is 6.86. The maximum Gasteiger partial charge on any atom is 0.252 e. The molecule has 0 aromatic heterocycles. The van der Waals surface area contributed by atoms with E-state index in [1.54, 1.807) is 18.2 Å². The first-order valence-electron chi connectivity index (χ1n) is 9.43. The van der Waals surface area contributed by atoms with Gasteiger partial charge in [0.15, 0.2) is 0 Å². The highest BCUT2D eigenvalue weighted by Gasteiger charge is 2.29. The number of benzene rings is 1. The van der Waals surface area contributed by atoms with Gasteiger partial charge in [-0.05, 0) is 44.4 Å². The summed E-state index contributed by atoms with van der Waals surface area (Å²) < 4.78 is 10.4. The van der Waals surface area contributed by atoms with Crippen molar-refractivity contribution in [3.63, 3.8) is 0 Å². The van der Waals surface area contributed by atoms with E-state index in [4.69, 9.17) is 9.47 Å². The molecule has 0 aliphatic carbocycles. The van der Waals surface area contributed by atoms with Crippen molar-refractivity contribution in [2.45, 2.75) is 51.7 Å². The van der Waals surface area contributed by atoms with Crippen molar-refractivity contribution in [1.82, 2.24) is 16.0 Å². The number of ether oxygens (including phenoxy) is 2. The summed E-state index contributed by atoms with van der Waals surface area (Å²) >= 11 is 0. The molecule has 1 aliphatic rings. The topological polar surface area (TPSA) is 88.7 Å². The summed E-state index contributed by atoms with van der Waals surface area (Å²) in [6.07, 6.45) is 1.96. The van der Waals surface area contributed by atoms with E-state index in [0.717, 1.165) is 19.4 Å². The van der Waals surface area contributed by atoms with Gasteiger partial charge in [0.2, 0.25) is 5.91 Å². The predicted molar refractivity (Wildman–Crippen MR) is 104 cm³/mol. The van der Waals surface area contributed by atoms with Crippen molar-refractivity contribution in [3.8, 4) is 11.5 Å². The molecule has 1 heterocycles. The average Bonchev–Trinajstić information content (AvgIpc) is 2.66. The summed E-state index contributed by atoms with van der Waals surface area (Å²) in [4.78, 5) is 25.6. The molecule has 0 radical (unpaired) electrons. The number of hydrogen-bond donors (Lipinski definition) is 3. The maximum atomic E-state index is 12.8. The maximum absolute atomic E-state index is 12.8. The molecule has 0 bridgehead atoms. The Morgan fingerprint density at radius 3 is 2.30 bits per heavy atom. The molecular weight excluding hydrogens is 346 g/mol. The van der Waals surface area contributed by atoms with Crippen molar-refractivity contribution < 1.29 is 19.1 Å². The van der Waals surface area contributed by atoms with Crippen LogP contribution in [0.1, 0.15) is 44.0 Å². The zero-order valence-corrected chi connectivity index (χ0v) is 16.8. The van der Waals surface area contributed by atoms with Crippen LogP contribution in [0.15, 0.2) is 18.2 Å². The number of nitrogens with one attached hydrogen (secondary N) is 3. The van der Waals surface area contributed by atoms with Gasteiger partial charge in [0.1, 0.15) is 17.5 Å². The molecule has 1 saturated heterocycles. The fraction of sp³-hybridized carbons (Fsp3) is 0.600. The van der Waals surface area contributed by atoms with Crippen molar-refractivity contribution >= 4 is 11.8 Å². The monoisotopic (exact) mass is 377 g/mol. The summed E-state index contributed by atoms with van der Waals surface area (Å²) in [5, 5.41) is 9.31. The van der Waals surface area contributed by atoms with E-state index in [-0.39, 0.29) is 29.8 Å². The lowest BCUT2D eigenvalue weighted by Crippen LogP contribution is -2.57. The third kappa shape index (κ3) is 5.60. The molecule has 0 spiro atoms. The second-order valence-corrected chi connectivity index (χ2v) is 7.30. The van der Waals surface area contributed by atoms with Crippen LogP contribution in [0.2, 0.25) is 0 Å². The zero-order chi connectivity index (χ0) is 20.0. The van der Waals surface area contributed by atoms with Gasteiger partial charge in [-0.3, -0.25) is 9.59 Å². The van der Waals surface area contributed by atoms with Gasteiger partial charge in [0.25, 0.3) is 5.91 Å². The SMILES string of the molecule is COc1cc(OC)cc(C(=O)NC(C(=O)NC2CCCNC2C)C(C)C)c1. The van der Waals surface area contributed by atoms with Crippen LogP contribution in [0.5, 0.6) is 11.5 Å². The molecule has 2 amide bonds. The molecule has 3 atom stereocenters. The van der Waals surface area contributed by atoms with Crippen LogP contribution >= 0.6 is 0 Å². The van der Waals surface area contributed by atoms with Gasteiger partial charge in [-0.15, -0.1) is 0 Å². The second-order valence-electron chi connectivity index (χ2n) is 7.30. The third-order valence-corrected chi connectivity index (χ3v) is 4.94. The van der Waals surface area contributed by atoms with Crippen molar-refractivity contribution in [2.75, 3.05) is 20.8 Å². The summed E-state index contributed by atoms with van der Waals surface area (Å²) in [5.74, 6) is 0.497. The lowest BCUT2D eigenvalue weighted by Gasteiger charge is -2.32. The molecule has 1 fully saturated rings. The van der Waals surface area contributed by atoms with Crippen LogP contribution in [0.25, 0.3) is 0 Å². The smallest absolute Gasteiger partial charge is 0.252 e. The van der Waals surface area contributed by atoms with Gasteiger partial charge < -0.3 is 25.4 Å². The van der Waals surface area contributed by atoms with Crippen LogP contribution in [0.3, 0.4) is 0 Å². The lowest BCUT2D eigenvalue weighted by atomic mass is 9.97. The van der Waals surface area contributed by atoms with Crippen LogP contribution in [0, 0.1) is 5.92 Å². The number of carbonyl (C=O) groups excluding carboxylic acids is 2. The van der Waals surface area contributed by atoms with Gasteiger partial charge in [-0.2, -0.15) is 0 Å². The van der Waals surface area contributed by atoms with Gasteiger partial charge in [-0.1, -0.05) is 13.8 Å². The van der Waals surface area contributed by atoms with Gasteiger partial charge in [0.05, 0.1) is 14.2 Å². The number of methoxy groups -OCH3 is 2. The molecule has 7 heteroatoms. The van der Waals surface area contributed by atoms with Crippen molar-refractivity contribution in [3.05, 3.63) is 23.8 Å². The molecule has 1 aliphatic heterocycles. The quantitative estimate of drug-likeness (QED) is 0.673.